The van der Waals surface area contributed by atoms with E-state index < -0.39 is 0 Å². The van der Waals surface area contributed by atoms with Crippen molar-refractivity contribution in [3.63, 3.8) is 0 Å². The zero-order valence-corrected chi connectivity index (χ0v) is 17.3. The molecule has 150 valence electrons. The number of carbonyl (C=O) groups excluding carboxylic acids is 1. The zero-order chi connectivity index (χ0) is 19.9. The Balaban J connectivity index is 1.98. The number of likely N-dealkylation sites (N-methyl/N-ethyl adjacent to an activating group) is 1. The molecule has 0 radical (unpaired) electrons. The second-order valence-electron chi connectivity index (χ2n) is 7.38. The molecule has 0 aliphatic carbocycles. The van der Waals surface area contributed by atoms with Gasteiger partial charge in [0.1, 0.15) is 11.5 Å². The predicted molar refractivity (Wildman–Crippen MR) is 114 cm³/mol. The van der Waals surface area contributed by atoms with Crippen LogP contribution in [0.4, 0.5) is 5.82 Å². The van der Waals surface area contributed by atoms with E-state index in [1.807, 2.05) is 41.3 Å². The second-order valence-corrected chi connectivity index (χ2v) is 7.38. The van der Waals surface area contributed by atoms with E-state index in [0.29, 0.717) is 11.5 Å². The molecule has 3 rings (SSSR count). The highest BCUT2D eigenvalue weighted by Crippen LogP contribution is 2.22. The van der Waals surface area contributed by atoms with Gasteiger partial charge in [0.05, 0.1) is 0 Å². The van der Waals surface area contributed by atoms with Crippen LogP contribution in [-0.4, -0.2) is 72.0 Å². The Bertz CT molecular complexity index is 766. The first-order chi connectivity index (χ1) is 13.6. The summed E-state index contributed by atoms with van der Waals surface area (Å²) in [5.74, 6) is 1.46. The summed E-state index contributed by atoms with van der Waals surface area (Å²) in [6, 6.07) is 11.8. The lowest BCUT2D eigenvalue weighted by molar-refractivity contribution is 0.0749. The molecule has 1 aromatic heterocycles. The van der Waals surface area contributed by atoms with Crippen LogP contribution in [0.5, 0.6) is 0 Å². The van der Waals surface area contributed by atoms with Crippen LogP contribution in [0.15, 0.2) is 36.4 Å². The van der Waals surface area contributed by atoms with Gasteiger partial charge in [-0.2, -0.15) is 0 Å². The minimum absolute atomic E-state index is 0.00124. The highest BCUT2D eigenvalue weighted by molar-refractivity contribution is 5.93. The van der Waals surface area contributed by atoms with Gasteiger partial charge in [-0.05, 0) is 19.9 Å². The molecule has 2 heterocycles. The fourth-order valence-electron chi connectivity index (χ4n) is 3.47. The van der Waals surface area contributed by atoms with Gasteiger partial charge in [-0.3, -0.25) is 4.79 Å². The van der Waals surface area contributed by atoms with E-state index in [1.54, 1.807) is 0 Å². The van der Waals surface area contributed by atoms with Crippen LogP contribution in [0.1, 0.15) is 37.2 Å². The molecule has 1 fully saturated rings. The normalized spacial score (nSPS) is 14.9. The van der Waals surface area contributed by atoms with Crippen LogP contribution in [0.3, 0.4) is 0 Å². The molecular weight excluding hydrogens is 350 g/mol. The van der Waals surface area contributed by atoms with Gasteiger partial charge in [0.15, 0.2) is 5.82 Å². The average molecular weight is 382 g/mol. The summed E-state index contributed by atoms with van der Waals surface area (Å²) in [6.45, 7) is 9.49. The Morgan fingerprint density at radius 1 is 1.00 bits per heavy atom. The van der Waals surface area contributed by atoms with Crippen molar-refractivity contribution < 1.29 is 4.79 Å². The van der Waals surface area contributed by atoms with E-state index >= 15 is 0 Å². The summed E-state index contributed by atoms with van der Waals surface area (Å²) in [7, 11) is 2.13. The van der Waals surface area contributed by atoms with Crippen LogP contribution in [-0.2, 0) is 0 Å². The Morgan fingerprint density at radius 3 is 2.25 bits per heavy atom. The Kier molecular flexibility index (Phi) is 6.98. The molecule has 1 amide bonds. The number of nitrogens with zero attached hydrogens (tertiary/aromatic N) is 5. The predicted octanol–water partition coefficient (Wildman–Crippen LogP) is 3.16. The minimum atomic E-state index is -0.00124. The number of benzene rings is 1. The smallest absolute Gasteiger partial charge is 0.272 e. The average Bonchev–Trinajstić information content (AvgIpc) is 2.74. The van der Waals surface area contributed by atoms with Crippen molar-refractivity contribution in [3.05, 3.63) is 42.1 Å². The first-order valence-electron chi connectivity index (χ1n) is 10.3. The number of piperazine rings is 1. The molecule has 1 aliphatic heterocycles. The molecule has 1 aliphatic rings. The third-order valence-corrected chi connectivity index (χ3v) is 5.07. The third kappa shape index (κ3) is 4.87. The molecule has 0 spiro atoms. The van der Waals surface area contributed by atoms with Gasteiger partial charge in [0.25, 0.3) is 5.91 Å². The number of rotatable bonds is 7. The summed E-state index contributed by atoms with van der Waals surface area (Å²) >= 11 is 0. The van der Waals surface area contributed by atoms with Crippen molar-refractivity contribution >= 4 is 11.7 Å². The topological polar surface area (TPSA) is 52.6 Å². The van der Waals surface area contributed by atoms with Gasteiger partial charge in [-0.15, -0.1) is 0 Å². The van der Waals surface area contributed by atoms with Crippen molar-refractivity contribution in [1.29, 1.82) is 0 Å². The van der Waals surface area contributed by atoms with Gasteiger partial charge in [0.2, 0.25) is 0 Å². The van der Waals surface area contributed by atoms with Crippen molar-refractivity contribution in [2.75, 3.05) is 51.2 Å². The molecule has 0 atom stereocenters. The fourth-order valence-corrected chi connectivity index (χ4v) is 3.47. The van der Waals surface area contributed by atoms with E-state index in [9.17, 15) is 4.79 Å². The van der Waals surface area contributed by atoms with E-state index in [1.165, 1.54) is 0 Å². The highest BCUT2D eigenvalue weighted by Gasteiger charge is 2.22. The van der Waals surface area contributed by atoms with Crippen molar-refractivity contribution in [1.82, 2.24) is 19.8 Å². The molecule has 2 aromatic rings. The molecular formula is C22H31N5O. The SMILES string of the molecule is CCCN(CCC)C(=O)c1cc(N2CCN(C)CC2)nc(-c2ccccc2)n1. The fraction of sp³-hybridized carbons (Fsp3) is 0.500. The number of hydrogen-bond donors (Lipinski definition) is 0. The van der Waals surface area contributed by atoms with Crippen molar-refractivity contribution in [3.8, 4) is 11.4 Å². The highest BCUT2D eigenvalue weighted by atomic mass is 16.2. The van der Waals surface area contributed by atoms with Crippen LogP contribution in [0.25, 0.3) is 11.4 Å². The van der Waals surface area contributed by atoms with E-state index in [0.717, 1.165) is 63.5 Å². The third-order valence-electron chi connectivity index (χ3n) is 5.07. The molecule has 6 heteroatoms. The van der Waals surface area contributed by atoms with Crippen LogP contribution >= 0.6 is 0 Å². The first-order valence-corrected chi connectivity index (χ1v) is 10.3. The summed E-state index contributed by atoms with van der Waals surface area (Å²) in [4.78, 5) is 29.2. The lowest BCUT2D eigenvalue weighted by Gasteiger charge is -2.33. The molecule has 28 heavy (non-hydrogen) atoms. The Labute approximate surface area is 168 Å². The van der Waals surface area contributed by atoms with Crippen molar-refractivity contribution in [2.24, 2.45) is 0 Å². The number of carbonyl (C=O) groups is 1. The van der Waals surface area contributed by atoms with Crippen LogP contribution in [0.2, 0.25) is 0 Å². The second kappa shape index (κ2) is 9.64. The zero-order valence-electron chi connectivity index (χ0n) is 17.3. The van der Waals surface area contributed by atoms with Gasteiger partial charge in [0, 0.05) is 50.9 Å². The molecule has 1 saturated heterocycles. The van der Waals surface area contributed by atoms with Crippen molar-refractivity contribution in [2.45, 2.75) is 26.7 Å². The maximum absolute atomic E-state index is 13.2. The number of hydrogen-bond acceptors (Lipinski definition) is 5. The van der Waals surface area contributed by atoms with Gasteiger partial charge >= 0.3 is 0 Å². The van der Waals surface area contributed by atoms with Gasteiger partial charge < -0.3 is 14.7 Å². The minimum Gasteiger partial charge on any atom is -0.354 e. The molecule has 0 N–H and O–H groups in total. The standard InChI is InChI=1S/C22H31N5O/c1-4-11-27(12-5-2)22(28)19-17-20(26-15-13-25(3)14-16-26)24-21(23-19)18-9-7-6-8-10-18/h6-10,17H,4-5,11-16H2,1-3H3. The molecule has 6 nitrogen and oxygen atoms in total. The van der Waals surface area contributed by atoms with Gasteiger partial charge in [-0.1, -0.05) is 44.2 Å². The maximum Gasteiger partial charge on any atom is 0.272 e. The number of anilines is 1. The summed E-state index contributed by atoms with van der Waals surface area (Å²) < 4.78 is 0. The number of aromatic nitrogens is 2. The molecule has 0 bridgehead atoms. The molecule has 0 unspecified atom stereocenters. The summed E-state index contributed by atoms with van der Waals surface area (Å²) in [6.07, 6.45) is 1.88. The largest absolute Gasteiger partial charge is 0.354 e. The lowest BCUT2D eigenvalue weighted by Crippen LogP contribution is -2.45. The van der Waals surface area contributed by atoms with E-state index in [2.05, 4.69) is 35.7 Å². The van der Waals surface area contributed by atoms with Crippen LogP contribution < -0.4 is 4.90 Å². The van der Waals surface area contributed by atoms with E-state index in [-0.39, 0.29) is 5.91 Å². The van der Waals surface area contributed by atoms with E-state index in [4.69, 9.17) is 4.98 Å². The van der Waals surface area contributed by atoms with Gasteiger partial charge in [-0.25, -0.2) is 9.97 Å². The van der Waals surface area contributed by atoms with Crippen LogP contribution in [0, 0.1) is 0 Å². The Hall–Kier alpha value is -2.47. The first kappa shape index (κ1) is 20.3. The molecule has 0 saturated carbocycles. The Morgan fingerprint density at radius 2 is 1.64 bits per heavy atom. The maximum atomic E-state index is 13.2. The summed E-state index contributed by atoms with van der Waals surface area (Å²) in [5, 5.41) is 0. The summed E-state index contributed by atoms with van der Waals surface area (Å²) in [5.41, 5.74) is 1.43. The lowest BCUT2D eigenvalue weighted by atomic mass is 10.2. The monoisotopic (exact) mass is 381 g/mol. The quantitative estimate of drug-likeness (QED) is 0.737. The number of amides is 1. The molecule has 1 aromatic carbocycles.